The van der Waals surface area contributed by atoms with E-state index in [4.69, 9.17) is 5.26 Å². The van der Waals surface area contributed by atoms with Gasteiger partial charge in [-0.3, -0.25) is 0 Å². The fraction of sp³-hybridized carbons (Fsp3) is 0.438. The Labute approximate surface area is 109 Å². The first-order valence-corrected chi connectivity index (χ1v) is 6.80. The topological polar surface area (TPSA) is 35.8 Å². The molecule has 2 rings (SSSR count). The van der Waals surface area contributed by atoms with Gasteiger partial charge in [0, 0.05) is 6.04 Å². The van der Waals surface area contributed by atoms with E-state index in [1.807, 2.05) is 24.3 Å². The van der Waals surface area contributed by atoms with Crippen LogP contribution >= 0.6 is 0 Å². The van der Waals surface area contributed by atoms with E-state index in [1.165, 1.54) is 32.1 Å². The average molecular weight is 240 g/mol. The maximum absolute atomic E-state index is 8.86. The normalized spacial score (nSPS) is 21.2. The van der Waals surface area contributed by atoms with Crippen LogP contribution in [0.4, 0.5) is 0 Å². The molecule has 1 aliphatic rings. The molecule has 0 radical (unpaired) electrons. The zero-order valence-electron chi connectivity index (χ0n) is 10.7. The molecule has 2 heteroatoms. The standard InChI is InChI=1S/C16H20N2/c17-13-15-7-5-6-14(12-15)9-10-16-8-3-1-2-4-11-18-16/h5-7,9-10,12,16,18H,1-4,8,11H2/b10-9+. The van der Waals surface area contributed by atoms with Crippen molar-refractivity contribution in [2.24, 2.45) is 0 Å². The molecule has 0 saturated carbocycles. The number of benzene rings is 1. The molecule has 1 fully saturated rings. The molecule has 2 nitrogen and oxygen atoms in total. The highest BCUT2D eigenvalue weighted by Gasteiger charge is 2.06. The number of nitrogens with zero attached hydrogens (tertiary/aromatic N) is 1. The Bertz CT molecular complexity index is 435. The Morgan fingerprint density at radius 3 is 3.00 bits per heavy atom. The molecule has 0 amide bonds. The van der Waals surface area contributed by atoms with Gasteiger partial charge >= 0.3 is 0 Å². The van der Waals surface area contributed by atoms with Gasteiger partial charge in [-0.25, -0.2) is 0 Å². The van der Waals surface area contributed by atoms with Crippen molar-refractivity contribution in [3.8, 4) is 6.07 Å². The smallest absolute Gasteiger partial charge is 0.0991 e. The molecular formula is C16H20N2. The van der Waals surface area contributed by atoms with Gasteiger partial charge in [0.2, 0.25) is 0 Å². The van der Waals surface area contributed by atoms with Crippen molar-refractivity contribution in [1.82, 2.24) is 5.32 Å². The lowest BCUT2D eigenvalue weighted by Crippen LogP contribution is -2.29. The lowest BCUT2D eigenvalue weighted by molar-refractivity contribution is 0.465. The summed E-state index contributed by atoms with van der Waals surface area (Å²) in [5.41, 5.74) is 1.83. The van der Waals surface area contributed by atoms with Crippen LogP contribution in [0, 0.1) is 11.3 Å². The summed E-state index contributed by atoms with van der Waals surface area (Å²) in [4.78, 5) is 0. The van der Waals surface area contributed by atoms with Gasteiger partial charge in [0.15, 0.2) is 0 Å². The summed E-state index contributed by atoms with van der Waals surface area (Å²) in [6.45, 7) is 1.12. The lowest BCUT2D eigenvalue weighted by atomic mass is 10.0. The van der Waals surface area contributed by atoms with Crippen molar-refractivity contribution >= 4 is 6.08 Å². The Balaban J connectivity index is 1.97. The minimum atomic E-state index is 0.482. The van der Waals surface area contributed by atoms with Crippen LogP contribution in [-0.4, -0.2) is 12.6 Å². The quantitative estimate of drug-likeness (QED) is 0.859. The van der Waals surface area contributed by atoms with Gasteiger partial charge in [0.25, 0.3) is 0 Å². The van der Waals surface area contributed by atoms with E-state index in [-0.39, 0.29) is 0 Å². The summed E-state index contributed by atoms with van der Waals surface area (Å²) in [7, 11) is 0. The molecule has 1 aromatic rings. The first-order valence-electron chi connectivity index (χ1n) is 6.80. The van der Waals surface area contributed by atoms with Crippen molar-refractivity contribution in [3.05, 3.63) is 41.5 Å². The molecule has 0 aromatic heterocycles. The molecule has 0 aliphatic carbocycles. The summed E-state index contributed by atoms with van der Waals surface area (Å²) in [5.74, 6) is 0. The van der Waals surface area contributed by atoms with E-state index in [2.05, 4.69) is 23.5 Å². The molecule has 18 heavy (non-hydrogen) atoms. The lowest BCUT2D eigenvalue weighted by Gasteiger charge is -2.18. The van der Waals surface area contributed by atoms with E-state index in [1.54, 1.807) is 0 Å². The zero-order valence-corrected chi connectivity index (χ0v) is 10.7. The van der Waals surface area contributed by atoms with Crippen LogP contribution in [0.3, 0.4) is 0 Å². The maximum Gasteiger partial charge on any atom is 0.0991 e. The third-order valence-corrected chi connectivity index (χ3v) is 3.39. The molecule has 1 aliphatic heterocycles. The van der Waals surface area contributed by atoms with Gasteiger partial charge in [-0.15, -0.1) is 0 Å². The largest absolute Gasteiger partial charge is 0.311 e. The van der Waals surface area contributed by atoms with Gasteiger partial charge in [0.1, 0.15) is 0 Å². The van der Waals surface area contributed by atoms with E-state index < -0.39 is 0 Å². The highest BCUT2D eigenvalue weighted by molar-refractivity contribution is 5.52. The Kier molecular flexibility index (Phi) is 4.99. The van der Waals surface area contributed by atoms with Crippen LogP contribution in [-0.2, 0) is 0 Å². The summed E-state index contributed by atoms with van der Waals surface area (Å²) in [6, 6.07) is 10.4. The third-order valence-electron chi connectivity index (χ3n) is 3.39. The monoisotopic (exact) mass is 240 g/mol. The second-order valence-corrected chi connectivity index (χ2v) is 4.86. The van der Waals surface area contributed by atoms with Gasteiger partial charge in [-0.1, -0.05) is 43.5 Å². The van der Waals surface area contributed by atoms with Crippen molar-refractivity contribution < 1.29 is 0 Å². The van der Waals surface area contributed by atoms with E-state index in [9.17, 15) is 0 Å². The zero-order chi connectivity index (χ0) is 12.6. The maximum atomic E-state index is 8.86. The van der Waals surface area contributed by atoms with E-state index in [0.29, 0.717) is 6.04 Å². The number of rotatable bonds is 2. The number of nitrogens with one attached hydrogen (secondary N) is 1. The van der Waals surface area contributed by atoms with E-state index in [0.717, 1.165) is 17.7 Å². The fourth-order valence-corrected chi connectivity index (χ4v) is 2.34. The molecule has 1 atom stereocenters. The van der Waals surface area contributed by atoms with Crippen LogP contribution in [0.2, 0.25) is 0 Å². The molecule has 1 N–H and O–H groups in total. The van der Waals surface area contributed by atoms with Crippen LogP contribution in [0.25, 0.3) is 6.08 Å². The highest BCUT2D eigenvalue weighted by atomic mass is 14.9. The number of hydrogen-bond acceptors (Lipinski definition) is 2. The first kappa shape index (κ1) is 12.9. The minimum absolute atomic E-state index is 0.482. The van der Waals surface area contributed by atoms with Gasteiger partial charge in [0.05, 0.1) is 11.6 Å². The minimum Gasteiger partial charge on any atom is -0.311 e. The molecule has 1 heterocycles. The third kappa shape index (κ3) is 4.01. The molecule has 1 unspecified atom stereocenters. The summed E-state index contributed by atoms with van der Waals surface area (Å²) in [6.07, 6.45) is 10.9. The second kappa shape index (κ2) is 6.98. The predicted molar refractivity (Wildman–Crippen MR) is 75.1 cm³/mol. The Hall–Kier alpha value is -1.59. The molecule has 0 spiro atoms. The summed E-state index contributed by atoms with van der Waals surface area (Å²) >= 11 is 0. The predicted octanol–water partition coefficient (Wildman–Crippen LogP) is 3.49. The van der Waals surface area contributed by atoms with Crippen molar-refractivity contribution in [3.63, 3.8) is 0 Å². The SMILES string of the molecule is N#Cc1cccc(/C=C/C2CCCCCCN2)c1. The average Bonchev–Trinajstić information content (AvgIpc) is 2.38. The van der Waals surface area contributed by atoms with Gasteiger partial charge < -0.3 is 5.32 Å². The van der Waals surface area contributed by atoms with Gasteiger partial charge in [-0.05, 0) is 37.1 Å². The Morgan fingerprint density at radius 2 is 2.11 bits per heavy atom. The first-order chi connectivity index (χ1) is 8.88. The van der Waals surface area contributed by atoms with E-state index >= 15 is 0 Å². The highest BCUT2D eigenvalue weighted by Crippen LogP contribution is 2.12. The molecule has 0 bridgehead atoms. The fourth-order valence-electron chi connectivity index (χ4n) is 2.34. The number of nitriles is 1. The molecule has 94 valence electrons. The molecule has 1 aromatic carbocycles. The van der Waals surface area contributed by atoms with Crippen molar-refractivity contribution in [2.75, 3.05) is 6.54 Å². The van der Waals surface area contributed by atoms with Crippen LogP contribution in [0.1, 0.15) is 43.2 Å². The molecular weight excluding hydrogens is 220 g/mol. The summed E-state index contributed by atoms with van der Waals surface area (Å²) in [5, 5.41) is 12.4. The van der Waals surface area contributed by atoms with Crippen molar-refractivity contribution in [1.29, 1.82) is 5.26 Å². The number of hydrogen-bond donors (Lipinski definition) is 1. The van der Waals surface area contributed by atoms with Crippen LogP contribution in [0.15, 0.2) is 30.3 Å². The van der Waals surface area contributed by atoms with Crippen molar-refractivity contribution in [2.45, 2.75) is 38.1 Å². The second-order valence-electron chi connectivity index (χ2n) is 4.86. The van der Waals surface area contributed by atoms with Crippen LogP contribution < -0.4 is 5.32 Å². The summed E-state index contributed by atoms with van der Waals surface area (Å²) < 4.78 is 0. The Morgan fingerprint density at radius 1 is 1.22 bits per heavy atom. The molecule has 1 saturated heterocycles. The van der Waals surface area contributed by atoms with Crippen LogP contribution in [0.5, 0.6) is 0 Å². The van der Waals surface area contributed by atoms with Gasteiger partial charge in [-0.2, -0.15) is 5.26 Å².